The molecule has 2 aromatic heterocycles. The van der Waals surface area contributed by atoms with E-state index in [-0.39, 0.29) is 10.6 Å². The van der Waals surface area contributed by atoms with Gasteiger partial charge in [-0.05, 0) is 33.8 Å². The first kappa shape index (κ1) is 14.0. The number of aromatic nitrogens is 2. The van der Waals surface area contributed by atoms with Gasteiger partial charge >= 0.3 is 5.69 Å². The van der Waals surface area contributed by atoms with Crippen molar-refractivity contribution in [2.24, 2.45) is 7.05 Å². The molecule has 0 aromatic carbocycles. The minimum Gasteiger partial charge on any atom is -0.360 e. The van der Waals surface area contributed by atoms with Crippen LogP contribution in [0.25, 0.3) is 0 Å². The molecule has 0 aliphatic carbocycles. The summed E-state index contributed by atoms with van der Waals surface area (Å²) in [5.41, 5.74) is 0.568. The zero-order valence-electron chi connectivity index (χ0n) is 10.5. The van der Waals surface area contributed by atoms with E-state index < -0.39 is 0 Å². The Morgan fingerprint density at radius 3 is 2.89 bits per heavy atom. The third kappa shape index (κ3) is 2.79. The fourth-order valence-corrected chi connectivity index (χ4v) is 3.24. The van der Waals surface area contributed by atoms with Gasteiger partial charge < -0.3 is 5.32 Å². The van der Waals surface area contributed by atoms with E-state index in [1.165, 1.54) is 4.68 Å². The van der Waals surface area contributed by atoms with Crippen molar-refractivity contribution in [1.82, 2.24) is 9.78 Å². The van der Waals surface area contributed by atoms with E-state index in [4.69, 9.17) is 0 Å². The summed E-state index contributed by atoms with van der Waals surface area (Å²) in [6, 6.07) is 1.96. The third-order valence-electron chi connectivity index (χ3n) is 2.72. The fraction of sp³-hybridized carbons (Fsp3) is 0.364. The van der Waals surface area contributed by atoms with Crippen molar-refractivity contribution in [2.75, 3.05) is 5.32 Å². The summed E-state index contributed by atoms with van der Waals surface area (Å²) in [5, 5.41) is 20.4. The standard InChI is InChI=1S/C11H13BrN4O2S/c1-3-8-10(16(17)18)11(15(2)14-8)13-6-9-7(12)4-5-19-9/h4-5,13H,3,6H2,1-2H3. The van der Waals surface area contributed by atoms with E-state index in [0.29, 0.717) is 24.5 Å². The van der Waals surface area contributed by atoms with Gasteiger partial charge in [0.15, 0.2) is 0 Å². The van der Waals surface area contributed by atoms with Crippen LogP contribution in [0.3, 0.4) is 0 Å². The van der Waals surface area contributed by atoms with Gasteiger partial charge in [0.25, 0.3) is 0 Å². The summed E-state index contributed by atoms with van der Waals surface area (Å²) in [5.74, 6) is 0.446. The van der Waals surface area contributed by atoms with Crippen molar-refractivity contribution in [2.45, 2.75) is 19.9 Å². The first-order valence-electron chi connectivity index (χ1n) is 5.70. The lowest BCUT2D eigenvalue weighted by Crippen LogP contribution is -2.05. The lowest BCUT2D eigenvalue weighted by atomic mass is 10.3. The number of anilines is 1. The Bertz CT molecular complexity index is 608. The van der Waals surface area contributed by atoms with Gasteiger partial charge in [-0.2, -0.15) is 5.10 Å². The van der Waals surface area contributed by atoms with Crippen LogP contribution >= 0.6 is 27.3 Å². The molecule has 0 unspecified atom stereocenters. The number of hydrogen-bond donors (Lipinski definition) is 1. The van der Waals surface area contributed by atoms with Crippen molar-refractivity contribution in [3.63, 3.8) is 0 Å². The zero-order chi connectivity index (χ0) is 14.0. The van der Waals surface area contributed by atoms with Gasteiger partial charge in [-0.25, -0.2) is 4.68 Å². The van der Waals surface area contributed by atoms with Crippen LogP contribution in [0.2, 0.25) is 0 Å². The van der Waals surface area contributed by atoms with E-state index in [2.05, 4.69) is 26.3 Å². The van der Waals surface area contributed by atoms with Crippen molar-refractivity contribution >= 4 is 38.8 Å². The number of nitro groups is 1. The van der Waals surface area contributed by atoms with Crippen LogP contribution in [0, 0.1) is 10.1 Å². The van der Waals surface area contributed by atoms with Crippen LogP contribution in [-0.4, -0.2) is 14.7 Å². The SMILES string of the molecule is CCc1nn(C)c(NCc2sccc2Br)c1[N+](=O)[O-]. The average molecular weight is 345 g/mol. The molecule has 0 fully saturated rings. The highest BCUT2D eigenvalue weighted by molar-refractivity contribution is 9.10. The van der Waals surface area contributed by atoms with Crippen LogP contribution in [0.4, 0.5) is 11.5 Å². The molecule has 0 saturated carbocycles. The second-order valence-corrected chi connectivity index (χ2v) is 5.78. The third-order valence-corrected chi connectivity index (χ3v) is 4.64. The summed E-state index contributed by atoms with van der Waals surface area (Å²) in [4.78, 5) is 11.9. The Kier molecular flexibility index (Phi) is 4.20. The number of nitrogens with one attached hydrogen (secondary N) is 1. The molecule has 2 heterocycles. The highest BCUT2D eigenvalue weighted by Gasteiger charge is 2.25. The van der Waals surface area contributed by atoms with Gasteiger partial charge in [-0.1, -0.05) is 6.92 Å². The normalized spacial score (nSPS) is 10.7. The first-order valence-corrected chi connectivity index (χ1v) is 7.37. The molecule has 0 saturated heterocycles. The second kappa shape index (κ2) is 5.70. The molecule has 2 rings (SSSR count). The Balaban J connectivity index is 2.27. The van der Waals surface area contributed by atoms with Crippen LogP contribution in [0.15, 0.2) is 15.9 Å². The molecular weight excluding hydrogens is 332 g/mol. The van der Waals surface area contributed by atoms with Crippen molar-refractivity contribution < 1.29 is 4.92 Å². The molecule has 0 amide bonds. The number of rotatable bonds is 5. The summed E-state index contributed by atoms with van der Waals surface area (Å²) >= 11 is 5.03. The maximum atomic E-state index is 11.1. The molecular formula is C11H13BrN4O2S. The Morgan fingerprint density at radius 1 is 1.63 bits per heavy atom. The average Bonchev–Trinajstić information content (AvgIpc) is 2.90. The minimum absolute atomic E-state index is 0.0673. The van der Waals surface area contributed by atoms with Gasteiger partial charge in [-0.15, -0.1) is 11.3 Å². The molecule has 0 bridgehead atoms. The van der Waals surface area contributed by atoms with Crippen molar-refractivity contribution in [3.8, 4) is 0 Å². The topological polar surface area (TPSA) is 73.0 Å². The number of thiophene rings is 1. The van der Waals surface area contributed by atoms with E-state index in [1.807, 2.05) is 18.4 Å². The zero-order valence-corrected chi connectivity index (χ0v) is 12.9. The fourth-order valence-electron chi connectivity index (χ4n) is 1.81. The molecule has 2 aromatic rings. The van der Waals surface area contributed by atoms with Crippen LogP contribution in [0.1, 0.15) is 17.5 Å². The molecule has 8 heteroatoms. The number of nitrogens with zero attached hydrogens (tertiary/aromatic N) is 3. The molecule has 1 N–H and O–H groups in total. The Labute approximate surface area is 122 Å². The molecule has 0 spiro atoms. The molecule has 0 aliphatic heterocycles. The second-order valence-electron chi connectivity index (χ2n) is 3.92. The predicted octanol–water partition coefficient (Wildman–Crippen LogP) is 3.33. The van der Waals surface area contributed by atoms with Gasteiger partial charge in [0.2, 0.25) is 5.82 Å². The van der Waals surface area contributed by atoms with E-state index in [0.717, 1.165) is 9.35 Å². The molecule has 19 heavy (non-hydrogen) atoms. The van der Waals surface area contributed by atoms with Gasteiger partial charge in [0, 0.05) is 16.4 Å². The highest BCUT2D eigenvalue weighted by Crippen LogP contribution is 2.30. The van der Waals surface area contributed by atoms with Crippen LogP contribution < -0.4 is 5.32 Å². The molecule has 6 nitrogen and oxygen atoms in total. The highest BCUT2D eigenvalue weighted by atomic mass is 79.9. The van der Waals surface area contributed by atoms with Gasteiger partial charge in [0.05, 0.1) is 11.5 Å². The first-order chi connectivity index (χ1) is 9.04. The maximum absolute atomic E-state index is 11.1. The maximum Gasteiger partial charge on any atom is 0.333 e. The lowest BCUT2D eigenvalue weighted by molar-refractivity contribution is -0.384. The van der Waals surface area contributed by atoms with E-state index in [1.54, 1.807) is 18.4 Å². The van der Waals surface area contributed by atoms with Crippen LogP contribution in [-0.2, 0) is 20.0 Å². The number of aryl methyl sites for hydroxylation is 2. The minimum atomic E-state index is -0.377. The van der Waals surface area contributed by atoms with Gasteiger partial charge in [-0.3, -0.25) is 10.1 Å². The van der Waals surface area contributed by atoms with Crippen molar-refractivity contribution in [1.29, 1.82) is 0 Å². The Morgan fingerprint density at radius 2 is 2.37 bits per heavy atom. The smallest absolute Gasteiger partial charge is 0.333 e. The summed E-state index contributed by atoms with van der Waals surface area (Å²) in [6.45, 7) is 2.39. The monoisotopic (exact) mass is 344 g/mol. The Hall–Kier alpha value is -1.41. The van der Waals surface area contributed by atoms with E-state index in [9.17, 15) is 10.1 Å². The molecule has 0 aliphatic rings. The van der Waals surface area contributed by atoms with Crippen molar-refractivity contribution in [3.05, 3.63) is 36.6 Å². The summed E-state index contributed by atoms with van der Waals surface area (Å²) in [6.07, 6.45) is 0.536. The quantitative estimate of drug-likeness (QED) is 0.666. The summed E-state index contributed by atoms with van der Waals surface area (Å²) in [7, 11) is 1.71. The van der Waals surface area contributed by atoms with Crippen LogP contribution in [0.5, 0.6) is 0 Å². The summed E-state index contributed by atoms with van der Waals surface area (Å²) < 4.78 is 2.53. The molecule has 102 valence electrons. The lowest BCUT2D eigenvalue weighted by Gasteiger charge is -2.05. The molecule has 0 radical (unpaired) electrons. The molecule has 0 atom stereocenters. The van der Waals surface area contributed by atoms with Gasteiger partial charge in [0.1, 0.15) is 5.69 Å². The predicted molar refractivity (Wildman–Crippen MR) is 78.6 cm³/mol. The number of halogens is 1. The van der Waals surface area contributed by atoms with E-state index >= 15 is 0 Å². The largest absolute Gasteiger partial charge is 0.360 e. The number of hydrogen-bond acceptors (Lipinski definition) is 5.